The molecule has 2 unspecified atom stereocenters. The summed E-state index contributed by atoms with van der Waals surface area (Å²) in [6.45, 7) is 6.67. The molecule has 16 heavy (non-hydrogen) atoms. The minimum Gasteiger partial charge on any atom is -0.399 e. The molecule has 0 radical (unpaired) electrons. The third-order valence-corrected chi connectivity index (χ3v) is 3.61. The Balaban J connectivity index is 1.90. The summed E-state index contributed by atoms with van der Waals surface area (Å²) in [4.78, 5) is 2.42. The highest BCUT2D eigenvalue weighted by Crippen LogP contribution is 2.38. The SMILES string of the molecule is Cc1cc(CN(C)CC2CC2C)ccc1N. The van der Waals surface area contributed by atoms with Gasteiger partial charge in [0.15, 0.2) is 0 Å². The number of rotatable bonds is 4. The van der Waals surface area contributed by atoms with Gasteiger partial charge in [-0.05, 0) is 49.4 Å². The van der Waals surface area contributed by atoms with E-state index in [0.29, 0.717) is 0 Å². The molecule has 2 nitrogen and oxygen atoms in total. The molecule has 2 N–H and O–H groups in total. The van der Waals surface area contributed by atoms with Gasteiger partial charge in [-0.3, -0.25) is 0 Å². The quantitative estimate of drug-likeness (QED) is 0.787. The Morgan fingerprint density at radius 3 is 2.69 bits per heavy atom. The Morgan fingerprint density at radius 1 is 1.44 bits per heavy atom. The Hall–Kier alpha value is -1.02. The van der Waals surface area contributed by atoms with Gasteiger partial charge >= 0.3 is 0 Å². The molecular formula is C14H22N2. The van der Waals surface area contributed by atoms with Gasteiger partial charge < -0.3 is 10.6 Å². The monoisotopic (exact) mass is 218 g/mol. The zero-order chi connectivity index (χ0) is 11.7. The van der Waals surface area contributed by atoms with Crippen LogP contribution in [0.15, 0.2) is 18.2 Å². The number of benzene rings is 1. The van der Waals surface area contributed by atoms with Crippen LogP contribution in [0.25, 0.3) is 0 Å². The predicted octanol–water partition coefficient (Wildman–Crippen LogP) is 2.67. The van der Waals surface area contributed by atoms with Crippen LogP contribution in [0.5, 0.6) is 0 Å². The van der Waals surface area contributed by atoms with E-state index >= 15 is 0 Å². The summed E-state index contributed by atoms with van der Waals surface area (Å²) in [5, 5.41) is 0. The molecule has 0 amide bonds. The number of nitrogens with zero attached hydrogens (tertiary/aromatic N) is 1. The molecule has 88 valence electrons. The van der Waals surface area contributed by atoms with Crippen LogP contribution in [0.3, 0.4) is 0 Å². The Labute approximate surface area is 98.4 Å². The van der Waals surface area contributed by atoms with Crippen molar-refractivity contribution in [2.24, 2.45) is 11.8 Å². The lowest BCUT2D eigenvalue weighted by Gasteiger charge is -2.17. The summed E-state index contributed by atoms with van der Waals surface area (Å²) in [6.07, 6.45) is 1.41. The molecule has 1 aromatic carbocycles. The van der Waals surface area contributed by atoms with Gasteiger partial charge in [0, 0.05) is 18.8 Å². The number of nitrogen functional groups attached to an aromatic ring is 1. The third kappa shape index (κ3) is 2.76. The van der Waals surface area contributed by atoms with Crippen LogP contribution in [0.1, 0.15) is 24.5 Å². The highest BCUT2D eigenvalue weighted by Gasteiger charge is 2.32. The summed E-state index contributed by atoms with van der Waals surface area (Å²) in [7, 11) is 2.21. The van der Waals surface area contributed by atoms with Crippen molar-refractivity contribution in [2.45, 2.75) is 26.8 Å². The van der Waals surface area contributed by atoms with Crippen molar-refractivity contribution in [3.63, 3.8) is 0 Å². The van der Waals surface area contributed by atoms with Gasteiger partial charge in [-0.25, -0.2) is 0 Å². The molecule has 2 heteroatoms. The molecule has 0 aliphatic heterocycles. The first-order valence-electron chi connectivity index (χ1n) is 6.10. The summed E-state index contributed by atoms with van der Waals surface area (Å²) in [5.41, 5.74) is 9.26. The molecule has 1 aliphatic carbocycles. The lowest BCUT2D eigenvalue weighted by Crippen LogP contribution is -2.21. The molecule has 0 bridgehead atoms. The topological polar surface area (TPSA) is 29.3 Å². The van der Waals surface area contributed by atoms with E-state index in [2.05, 4.69) is 37.9 Å². The number of hydrogen-bond donors (Lipinski definition) is 1. The summed E-state index contributed by atoms with van der Waals surface area (Å²) in [6, 6.07) is 6.34. The smallest absolute Gasteiger partial charge is 0.0343 e. The molecule has 0 spiro atoms. The van der Waals surface area contributed by atoms with E-state index in [-0.39, 0.29) is 0 Å². The maximum Gasteiger partial charge on any atom is 0.0343 e. The average Bonchev–Trinajstić information content (AvgIpc) is 2.88. The highest BCUT2D eigenvalue weighted by molar-refractivity contribution is 5.47. The van der Waals surface area contributed by atoms with Crippen molar-refractivity contribution in [1.82, 2.24) is 4.90 Å². The summed E-state index contributed by atoms with van der Waals surface area (Å²) < 4.78 is 0. The molecule has 2 atom stereocenters. The number of hydrogen-bond acceptors (Lipinski definition) is 2. The molecular weight excluding hydrogens is 196 g/mol. The van der Waals surface area contributed by atoms with Crippen LogP contribution in [0, 0.1) is 18.8 Å². The molecule has 1 saturated carbocycles. The predicted molar refractivity (Wildman–Crippen MR) is 69.2 cm³/mol. The van der Waals surface area contributed by atoms with Crippen molar-refractivity contribution in [3.05, 3.63) is 29.3 Å². The summed E-state index contributed by atoms with van der Waals surface area (Å²) in [5.74, 6) is 1.87. The minimum absolute atomic E-state index is 0.891. The molecule has 1 fully saturated rings. The fraction of sp³-hybridized carbons (Fsp3) is 0.571. The second kappa shape index (κ2) is 4.46. The van der Waals surface area contributed by atoms with Gasteiger partial charge in [0.05, 0.1) is 0 Å². The molecule has 1 aliphatic rings. The van der Waals surface area contributed by atoms with E-state index in [1.807, 2.05) is 6.07 Å². The van der Waals surface area contributed by atoms with Crippen LogP contribution in [-0.2, 0) is 6.54 Å². The van der Waals surface area contributed by atoms with E-state index in [1.54, 1.807) is 0 Å². The van der Waals surface area contributed by atoms with E-state index in [4.69, 9.17) is 5.73 Å². The van der Waals surface area contributed by atoms with Crippen molar-refractivity contribution >= 4 is 5.69 Å². The number of nitrogens with two attached hydrogens (primary N) is 1. The largest absolute Gasteiger partial charge is 0.399 e. The van der Waals surface area contributed by atoms with Gasteiger partial charge in [-0.2, -0.15) is 0 Å². The van der Waals surface area contributed by atoms with Crippen LogP contribution in [-0.4, -0.2) is 18.5 Å². The lowest BCUT2D eigenvalue weighted by atomic mass is 10.1. The first-order chi connectivity index (χ1) is 7.56. The van der Waals surface area contributed by atoms with Crippen LogP contribution < -0.4 is 5.73 Å². The van der Waals surface area contributed by atoms with Gasteiger partial charge in [0.2, 0.25) is 0 Å². The maximum absolute atomic E-state index is 5.81. The van der Waals surface area contributed by atoms with Crippen molar-refractivity contribution in [2.75, 3.05) is 19.3 Å². The molecule has 1 aromatic rings. The van der Waals surface area contributed by atoms with E-state index in [9.17, 15) is 0 Å². The molecule has 0 aromatic heterocycles. The Kier molecular flexibility index (Phi) is 3.20. The first kappa shape index (κ1) is 11.5. The maximum atomic E-state index is 5.81. The van der Waals surface area contributed by atoms with Crippen molar-refractivity contribution in [1.29, 1.82) is 0 Å². The van der Waals surface area contributed by atoms with Gasteiger partial charge in [-0.1, -0.05) is 19.1 Å². The normalized spacial score (nSPS) is 23.8. The van der Waals surface area contributed by atoms with Crippen molar-refractivity contribution in [3.8, 4) is 0 Å². The van der Waals surface area contributed by atoms with Gasteiger partial charge in [0.1, 0.15) is 0 Å². The van der Waals surface area contributed by atoms with E-state index in [1.165, 1.54) is 24.1 Å². The fourth-order valence-corrected chi connectivity index (χ4v) is 2.27. The second-order valence-corrected chi connectivity index (χ2v) is 5.36. The first-order valence-corrected chi connectivity index (χ1v) is 6.10. The van der Waals surface area contributed by atoms with Crippen LogP contribution >= 0.6 is 0 Å². The van der Waals surface area contributed by atoms with Crippen LogP contribution in [0.4, 0.5) is 5.69 Å². The second-order valence-electron chi connectivity index (χ2n) is 5.36. The average molecular weight is 218 g/mol. The number of anilines is 1. The lowest BCUT2D eigenvalue weighted by molar-refractivity contribution is 0.307. The zero-order valence-corrected chi connectivity index (χ0v) is 10.5. The third-order valence-electron chi connectivity index (χ3n) is 3.61. The fourth-order valence-electron chi connectivity index (χ4n) is 2.27. The van der Waals surface area contributed by atoms with E-state index in [0.717, 1.165) is 24.1 Å². The molecule has 2 rings (SSSR count). The Bertz CT molecular complexity index is 373. The summed E-state index contributed by atoms with van der Waals surface area (Å²) >= 11 is 0. The highest BCUT2D eigenvalue weighted by atomic mass is 15.1. The molecule has 0 heterocycles. The van der Waals surface area contributed by atoms with Gasteiger partial charge in [-0.15, -0.1) is 0 Å². The van der Waals surface area contributed by atoms with Crippen molar-refractivity contribution < 1.29 is 0 Å². The minimum atomic E-state index is 0.891. The Morgan fingerprint density at radius 2 is 2.12 bits per heavy atom. The molecule has 0 saturated heterocycles. The standard InChI is InChI=1S/C14H22N2/c1-10-7-13(10)9-16(3)8-12-4-5-14(15)11(2)6-12/h4-6,10,13H,7-9,15H2,1-3H3. The van der Waals surface area contributed by atoms with E-state index < -0.39 is 0 Å². The zero-order valence-electron chi connectivity index (χ0n) is 10.5. The van der Waals surface area contributed by atoms with Gasteiger partial charge in [0.25, 0.3) is 0 Å². The number of aryl methyl sites for hydroxylation is 1. The van der Waals surface area contributed by atoms with Crippen LogP contribution in [0.2, 0.25) is 0 Å².